The van der Waals surface area contributed by atoms with Crippen LogP contribution in [0.15, 0.2) is 48.5 Å². The average molecular weight is 542 g/mol. The highest BCUT2D eigenvalue weighted by atomic mass is 32.1. The van der Waals surface area contributed by atoms with E-state index in [0.717, 1.165) is 17.7 Å². The second-order valence-corrected chi connectivity index (χ2v) is 9.32. The maximum absolute atomic E-state index is 15.2. The zero-order chi connectivity index (χ0) is 27.2. The summed E-state index contributed by atoms with van der Waals surface area (Å²) in [6.45, 7) is 3.11. The molecule has 0 radical (unpaired) electrons. The van der Waals surface area contributed by atoms with Crippen LogP contribution in [0.3, 0.4) is 0 Å². The number of primary amides is 1. The van der Waals surface area contributed by atoms with Crippen molar-refractivity contribution in [1.29, 1.82) is 0 Å². The van der Waals surface area contributed by atoms with Crippen molar-refractivity contribution < 1.29 is 28.2 Å². The first-order valence-corrected chi connectivity index (χ1v) is 12.8. The number of nitrogens with zero attached hydrogens (tertiary/aromatic N) is 2. The summed E-state index contributed by atoms with van der Waals surface area (Å²) in [6, 6.07) is 10.9. The molecular weight excluding hydrogens is 513 g/mol. The predicted octanol–water partition coefficient (Wildman–Crippen LogP) is 3.05. The van der Waals surface area contributed by atoms with E-state index >= 15 is 4.39 Å². The molecule has 4 rings (SSSR count). The number of halogens is 1. The Labute approximate surface area is 222 Å². The molecule has 1 aromatic heterocycles. The SMILES string of the molecule is CCOc1ccc([C@@H](C(=O)NC[C@@H]2CCCO2)N(C(=O)c2snc(C(N)=O)c2N)c2ccccc2F)cc1. The monoisotopic (exact) mass is 541 g/mol. The molecule has 1 aliphatic heterocycles. The van der Waals surface area contributed by atoms with Crippen molar-refractivity contribution in [2.24, 2.45) is 5.73 Å². The van der Waals surface area contributed by atoms with Crippen LogP contribution < -0.4 is 26.4 Å². The summed E-state index contributed by atoms with van der Waals surface area (Å²) in [5.41, 5.74) is 11.1. The maximum Gasteiger partial charge on any atom is 0.273 e. The first kappa shape index (κ1) is 27.0. The second kappa shape index (κ2) is 12.0. The van der Waals surface area contributed by atoms with Crippen LogP contribution in [0.25, 0.3) is 0 Å². The molecule has 12 heteroatoms. The summed E-state index contributed by atoms with van der Waals surface area (Å²) >= 11 is 0.647. The van der Waals surface area contributed by atoms with Gasteiger partial charge in [0.25, 0.3) is 11.8 Å². The van der Waals surface area contributed by atoms with Gasteiger partial charge in [0.1, 0.15) is 22.5 Å². The van der Waals surface area contributed by atoms with Gasteiger partial charge in [-0.2, -0.15) is 4.37 Å². The van der Waals surface area contributed by atoms with E-state index in [4.69, 9.17) is 20.9 Å². The minimum Gasteiger partial charge on any atom is -0.494 e. The molecule has 0 saturated carbocycles. The number of hydrogen-bond donors (Lipinski definition) is 3. The molecule has 10 nitrogen and oxygen atoms in total. The molecule has 2 aromatic carbocycles. The largest absolute Gasteiger partial charge is 0.494 e. The van der Waals surface area contributed by atoms with Crippen molar-refractivity contribution in [3.63, 3.8) is 0 Å². The van der Waals surface area contributed by atoms with Gasteiger partial charge < -0.3 is 26.3 Å². The van der Waals surface area contributed by atoms with E-state index in [1.165, 1.54) is 18.2 Å². The number of nitrogens with one attached hydrogen (secondary N) is 1. The van der Waals surface area contributed by atoms with E-state index in [-0.39, 0.29) is 34.6 Å². The molecule has 0 spiro atoms. The fourth-order valence-corrected chi connectivity index (χ4v) is 4.94. The summed E-state index contributed by atoms with van der Waals surface area (Å²) in [5.74, 6) is -2.45. The highest BCUT2D eigenvalue weighted by Crippen LogP contribution is 2.35. The summed E-state index contributed by atoms with van der Waals surface area (Å²) in [4.78, 5) is 40.3. The number of nitrogen functional groups attached to an aromatic ring is 1. The molecule has 5 N–H and O–H groups in total. The lowest BCUT2D eigenvalue weighted by atomic mass is 10.0. The molecule has 3 amide bonds. The number of aromatic nitrogens is 1. The molecule has 1 saturated heterocycles. The van der Waals surface area contributed by atoms with Gasteiger partial charge in [-0.3, -0.25) is 19.3 Å². The van der Waals surface area contributed by atoms with Gasteiger partial charge in [-0.05, 0) is 61.1 Å². The van der Waals surface area contributed by atoms with Crippen LogP contribution in [0.2, 0.25) is 0 Å². The van der Waals surface area contributed by atoms with Gasteiger partial charge in [-0.1, -0.05) is 24.3 Å². The number of para-hydroxylation sites is 1. The first-order valence-electron chi connectivity index (χ1n) is 12.1. The fourth-order valence-electron chi connectivity index (χ4n) is 4.20. The molecule has 3 aromatic rings. The minimum absolute atomic E-state index is 0.148. The number of ether oxygens (including phenoxy) is 2. The van der Waals surface area contributed by atoms with Crippen LogP contribution in [0.1, 0.15) is 51.5 Å². The Morgan fingerprint density at radius 3 is 2.58 bits per heavy atom. The highest BCUT2D eigenvalue weighted by Gasteiger charge is 2.37. The van der Waals surface area contributed by atoms with Crippen LogP contribution in [-0.2, 0) is 9.53 Å². The van der Waals surface area contributed by atoms with Crippen molar-refractivity contribution >= 4 is 40.6 Å². The van der Waals surface area contributed by atoms with Gasteiger partial charge in [-0.15, -0.1) is 0 Å². The molecule has 0 aliphatic carbocycles. The Bertz CT molecular complexity index is 1310. The summed E-state index contributed by atoms with van der Waals surface area (Å²) < 4.78 is 30.2. The van der Waals surface area contributed by atoms with Crippen molar-refractivity contribution in [2.45, 2.75) is 31.9 Å². The van der Waals surface area contributed by atoms with E-state index in [1.807, 2.05) is 6.92 Å². The van der Waals surface area contributed by atoms with Gasteiger partial charge in [0, 0.05) is 13.2 Å². The number of nitrogens with two attached hydrogens (primary N) is 2. The van der Waals surface area contributed by atoms with E-state index in [0.29, 0.717) is 36.1 Å². The van der Waals surface area contributed by atoms with Crippen LogP contribution in [-0.4, -0.2) is 48.0 Å². The molecular formula is C26H28FN5O5S. The van der Waals surface area contributed by atoms with Gasteiger partial charge >= 0.3 is 0 Å². The van der Waals surface area contributed by atoms with Crippen molar-refractivity contribution in [3.8, 4) is 5.75 Å². The first-order chi connectivity index (χ1) is 18.3. The van der Waals surface area contributed by atoms with Crippen LogP contribution >= 0.6 is 11.5 Å². The van der Waals surface area contributed by atoms with Crippen LogP contribution in [0, 0.1) is 5.82 Å². The molecule has 1 aliphatic rings. The van der Waals surface area contributed by atoms with E-state index in [1.54, 1.807) is 30.3 Å². The molecule has 0 unspecified atom stereocenters. The van der Waals surface area contributed by atoms with Gasteiger partial charge in [0.15, 0.2) is 5.69 Å². The average Bonchev–Trinajstić information content (AvgIpc) is 3.57. The Kier molecular flexibility index (Phi) is 8.54. The minimum atomic E-state index is -1.31. The lowest BCUT2D eigenvalue weighted by Gasteiger charge is -2.31. The number of hydrogen-bond acceptors (Lipinski definition) is 8. The molecule has 1 fully saturated rings. The highest BCUT2D eigenvalue weighted by molar-refractivity contribution is 7.09. The molecule has 38 heavy (non-hydrogen) atoms. The topological polar surface area (TPSA) is 150 Å². The lowest BCUT2D eigenvalue weighted by Crippen LogP contribution is -2.46. The third-order valence-electron chi connectivity index (χ3n) is 6.03. The Morgan fingerprint density at radius 1 is 1.24 bits per heavy atom. The number of amides is 3. The van der Waals surface area contributed by atoms with E-state index < -0.39 is 29.6 Å². The van der Waals surface area contributed by atoms with Gasteiger partial charge in [-0.25, -0.2) is 4.39 Å². The molecule has 200 valence electrons. The number of benzene rings is 2. The molecule has 2 heterocycles. The third kappa shape index (κ3) is 5.76. The molecule has 2 atom stereocenters. The Hall–Kier alpha value is -4.03. The Morgan fingerprint density at radius 2 is 1.97 bits per heavy atom. The standard InChI is InChI=1S/C26H28FN5O5S/c1-2-36-16-11-9-15(10-12-16)22(25(34)30-14-17-6-5-13-37-17)32(19-8-4-3-7-18(19)27)26(35)23-20(28)21(24(29)33)31-38-23/h3-4,7-12,17,22H,2,5-6,13-14,28H2,1H3,(H2,29,33)(H,30,34)/t17-,22-/m0/s1. The fraction of sp³-hybridized carbons (Fsp3) is 0.308. The maximum atomic E-state index is 15.2. The molecule has 0 bridgehead atoms. The number of anilines is 2. The number of rotatable bonds is 10. The number of carbonyl (C=O) groups excluding carboxylic acids is 3. The quantitative estimate of drug-likeness (QED) is 0.357. The van der Waals surface area contributed by atoms with Crippen molar-refractivity contribution in [1.82, 2.24) is 9.69 Å². The predicted molar refractivity (Wildman–Crippen MR) is 141 cm³/mol. The zero-order valence-electron chi connectivity index (χ0n) is 20.7. The van der Waals surface area contributed by atoms with E-state index in [9.17, 15) is 14.4 Å². The van der Waals surface area contributed by atoms with Crippen LogP contribution in [0.5, 0.6) is 5.75 Å². The summed E-state index contributed by atoms with van der Waals surface area (Å²) in [5, 5.41) is 2.85. The lowest BCUT2D eigenvalue weighted by molar-refractivity contribution is -0.123. The van der Waals surface area contributed by atoms with Gasteiger partial charge in [0.05, 0.1) is 24.1 Å². The second-order valence-electron chi connectivity index (χ2n) is 8.55. The summed E-state index contributed by atoms with van der Waals surface area (Å²) in [6.07, 6.45) is 1.51. The van der Waals surface area contributed by atoms with Crippen molar-refractivity contribution in [2.75, 3.05) is 30.4 Å². The van der Waals surface area contributed by atoms with Crippen molar-refractivity contribution in [3.05, 3.63) is 70.5 Å². The van der Waals surface area contributed by atoms with Gasteiger partial charge in [0.2, 0.25) is 5.91 Å². The number of carbonyl (C=O) groups is 3. The smallest absolute Gasteiger partial charge is 0.273 e. The summed E-state index contributed by atoms with van der Waals surface area (Å²) in [7, 11) is 0. The van der Waals surface area contributed by atoms with E-state index in [2.05, 4.69) is 9.69 Å². The third-order valence-corrected chi connectivity index (χ3v) is 6.88. The normalized spacial score (nSPS) is 15.6. The Balaban J connectivity index is 1.81. The zero-order valence-corrected chi connectivity index (χ0v) is 21.5. The van der Waals surface area contributed by atoms with Crippen LogP contribution in [0.4, 0.5) is 15.8 Å².